The van der Waals surface area contributed by atoms with Gasteiger partial charge in [0.05, 0.1) is 5.41 Å². The number of rotatable bonds is 4. The van der Waals surface area contributed by atoms with Crippen molar-refractivity contribution < 1.29 is 4.79 Å². The number of amides is 1. The molecule has 2 atom stereocenters. The minimum Gasteiger partial charge on any atom is -0.351 e. The summed E-state index contributed by atoms with van der Waals surface area (Å²) in [5.74, 6) is 0.824. The van der Waals surface area contributed by atoms with Gasteiger partial charge >= 0.3 is 0 Å². The molecule has 1 heterocycles. The van der Waals surface area contributed by atoms with Crippen molar-refractivity contribution in [2.75, 3.05) is 20.1 Å². The average molecular weight is 286 g/mol. The van der Waals surface area contributed by atoms with Crippen LogP contribution in [0, 0.1) is 18.3 Å². The first kappa shape index (κ1) is 14.6. The summed E-state index contributed by atoms with van der Waals surface area (Å²) in [4.78, 5) is 15.0. The van der Waals surface area contributed by atoms with Crippen LogP contribution >= 0.6 is 0 Å². The van der Waals surface area contributed by atoms with Gasteiger partial charge in [0.1, 0.15) is 0 Å². The molecule has 1 aliphatic carbocycles. The molecule has 1 aromatic rings. The lowest BCUT2D eigenvalue weighted by molar-refractivity contribution is -0.127. The number of likely N-dealkylation sites (tertiary alicyclic amines) is 1. The molecule has 1 amide bonds. The van der Waals surface area contributed by atoms with Gasteiger partial charge in [-0.2, -0.15) is 0 Å². The van der Waals surface area contributed by atoms with Gasteiger partial charge in [0.15, 0.2) is 0 Å². The smallest absolute Gasteiger partial charge is 0.226 e. The summed E-state index contributed by atoms with van der Waals surface area (Å²) in [6.07, 6.45) is 2.95. The van der Waals surface area contributed by atoms with Crippen LogP contribution in [0.3, 0.4) is 0 Å². The highest BCUT2D eigenvalue weighted by atomic mass is 16.2. The Balaban J connectivity index is 1.64. The molecule has 0 radical (unpaired) electrons. The van der Waals surface area contributed by atoms with Crippen LogP contribution in [0.5, 0.6) is 0 Å². The molecule has 114 valence electrons. The highest BCUT2D eigenvalue weighted by Crippen LogP contribution is 2.49. The van der Waals surface area contributed by atoms with E-state index in [9.17, 15) is 4.79 Å². The normalized spacial score (nSPS) is 27.6. The molecule has 0 aromatic heterocycles. The Morgan fingerprint density at radius 2 is 2.14 bits per heavy atom. The molecule has 3 heteroatoms. The van der Waals surface area contributed by atoms with Crippen LogP contribution < -0.4 is 5.32 Å². The summed E-state index contributed by atoms with van der Waals surface area (Å²) in [7, 11) is 2.13. The Labute approximate surface area is 127 Å². The minimum absolute atomic E-state index is 0.130. The Morgan fingerprint density at radius 1 is 1.38 bits per heavy atom. The Morgan fingerprint density at radius 3 is 2.71 bits per heavy atom. The van der Waals surface area contributed by atoms with Crippen LogP contribution in [0.4, 0.5) is 0 Å². The van der Waals surface area contributed by atoms with Crippen molar-refractivity contribution >= 4 is 5.91 Å². The fourth-order valence-corrected chi connectivity index (χ4v) is 3.57. The monoisotopic (exact) mass is 286 g/mol. The summed E-state index contributed by atoms with van der Waals surface area (Å²) < 4.78 is 0. The standard InChI is InChI=1S/C18H26N2O/c1-13-5-4-6-15(9-13)10-18(7-8-18)17(21)19-16-12-20(3)11-14(16)2/h4-6,9,14,16H,7-8,10-12H2,1-3H3,(H,19,21). The number of hydrogen-bond donors (Lipinski definition) is 1. The first-order valence-electron chi connectivity index (χ1n) is 8.04. The lowest BCUT2D eigenvalue weighted by Crippen LogP contribution is -2.44. The maximum Gasteiger partial charge on any atom is 0.226 e. The summed E-state index contributed by atoms with van der Waals surface area (Å²) in [5.41, 5.74) is 2.43. The highest BCUT2D eigenvalue weighted by molar-refractivity contribution is 5.86. The highest BCUT2D eigenvalue weighted by Gasteiger charge is 2.50. The van der Waals surface area contributed by atoms with Crippen LogP contribution in [0.15, 0.2) is 24.3 Å². The van der Waals surface area contributed by atoms with E-state index in [0.29, 0.717) is 12.0 Å². The van der Waals surface area contributed by atoms with Gasteiger partial charge in [-0.3, -0.25) is 4.79 Å². The molecule has 0 bridgehead atoms. The molecule has 3 nitrogen and oxygen atoms in total. The van der Waals surface area contributed by atoms with Crippen molar-refractivity contribution in [2.24, 2.45) is 11.3 Å². The molecule has 1 saturated heterocycles. The predicted molar refractivity (Wildman–Crippen MR) is 85.1 cm³/mol. The molecule has 2 aliphatic rings. The van der Waals surface area contributed by atoms with Crippen molar-refractivity contribution in [3.05, 3.63) is 35.4 Å². The zero-order chi connectivity index (χ0) is 15.0. The van der Waals surface area contributed by atoms with Crippen LogP contribution in [-0.4, -0.2) is 37.0 Å². The van der Waals surface area contributed by atoms with Crippen molar-refractivity contribution in [1.82, 2.24) is 10.2 Å². The molecule has 2 fully saturated rings. The van der Waals surface area contributed by atoms with Gasteiger partial charge in [0, 0.05) is 19.1 Å². The van der Waals surface area contributed by atoms with Gasteiger partial charge in [0.25, 0.3) is 0 Å². The molecule has 1 aliphatic heterocycles. The zero-order valence-corrected chi connectivity index (χ0v) is 13.4. The Bertz CT molecular complexity index is 536. The molecular weight excluding hydrogens is 260 g/mol. The number of benzene rings is 1. The first-order chi connectivity index (χ1) is 9.98. The Hall–Kier alpha value is -1.35. The van der Waals surface area contributed by atoms with Crippen molar-refractivity contribution in [1.29, 1.82) is 0 Å². The lowest BCUT2D eigenvalue weighted by Gasteiger charge is -2.21. The number of aryl methyl sites for hydroxylation is 1. The van der Waals surface area contributed by atoms with Gasteiger partial charge in [-0.15, -0.1) is 0 Å². The van der Waals surface area contributed by atoms with E-state index in [2.05, 4.69) is 55.4 Å². The van der Waals surface area contributed by atoms with E-state index in [1.165, 1.54) is 11.1 Å². The van der Waals surface area contributed by atoms with E-state index in [-0.39, 0.29) is 11.3 Å². The first-order valence-corrected chi connectivity index (χ1v) is 8.04. The Kier molecular flexibility index (Phi) is 3.78. The summed E-state index contributed by atoms with van der Waals surface area (Å²) in [6.45, 7) is 6.40. The molecular formula is C18H26N2O. The topological polar surface area (TPSA) is 32.3 Å². The number of hydrogen-bond acceptors (Lipinski definition) is 2. The third-order valence-electron chi connectivity index (χ3n) is 5.07. The lowest BCUT2D eigenvalue weighted by atomic mass is 9.93. The second-order valence-electron chi connectivity index (χ2n) is 7.22. The quantitative estimate of drug-likeness (QED) is 0.921. The van der Waals surface area contributed by atoms with Crippen LogP contribution in [0.2, 0.25) is 0 Å². The maximum absolute atomic E-state index is 12.7. The van der Waals surface area contributed by atoms with Gasteiger partial charge in [-0.05, 0) is 44.7 Å². The number of likely N-dealkylation sites (N-methyl/N-ethyl adjacent to an activating group) is 1. The summed E-state index contributed by atoms with van der Waals surface area (Å²) in [6, 6.07) is 8.87. The molecule has 21 heavy (non-hydrogen) atoms. The van der Waals surface area contributed by atoms with Gasteiger partial charge in [-0.1, -0.05) is 36.8 Å². The van der Waals surface area contributed by atoms with Crippen LogP contribution in [0.25, 0.3) is 0 Å². The molecule has 0 spiro atoms. The maximum atomic E-state index is 12.7. The number of nitrogens with zero attached hydrogens (tertiary/aromatic N) is 1. The largest absolute Gasteiger partial charge is 0.351 e. The van der Waals surface area contributed by atoms with E-state index >= 15 is 0 Å². The van der Waals surface area contributed by atoms with Crippen molar-refractivity contribution in [2.45, 2.75) is 39.2 Å². The van der Waals surface area contributed by atoms with Gasteiger partial charge in [-0.25, -0.2) is 0 Å². The molecule has 1 N–H and O–H groups in total. The average Bonchev–Trinajstić information content (AvgIpc) is 3.11. The fourth-order valence-electron chi connectivity index (χ4n) is 3.57. The van der Waals surface area contributed by atoms with Crippen molar-refractivity contribution in [3.8, 4) is 0 Å². The van der Waals surface area contributed by atoms with Gasteiger partial charge < -0.3 is 10.2 Å². The van der Waals surface area contributed by atoms with Gasteiger partial charge in [0.2, 0.25) is 5.91 Å². The SMILES string of the molecule is Cc1cccc(CC2(C(=O)NC3CN(C)CC3C)CC2)c1. The van der Waals surface area contributed by atoms with Crippen molar-refractivity contribution in [3.63, 3.8) is 0 Å². The molecule has 1 aromatic carbocycles. The number of nitrogens with one attached hydrogen (secondary N) is 1. The zero-order valence-electron chi connectivity index (χ0n) is 13.4. The number of carbonyl (C=O) groups is 1. The van der Waals surface area contributed by atoms with E-state index in [1.54, 1.807) is 0 Å². The second kappa shape index (κ2) is 5.45. The fraction of sp³-hybridized carbons (Fsp3) is 0.611. The number of carbonyl (C=O) groups excluding carboxylic acids is 1. The third kappa shape index (κ3) is 3.13. The molecule has 3 rings (SSSR count). The summed E-state index contributed by atoms with van der Waals surface area (Å²) in [5, 5.41) is 3.32. The minimum atomic E-state index is -0.130. The van der Waals surface area contributed by atoms with E-state index < -0.39 is 0 Å². The van der Waals surface area contributed by atoms with E-state index in [0.717, 1.165) is 32.4 Å². The predicted octanol–water partition coefficient (Wildman–Crippen LogP) is 2.38. The molecule has 1 saturated carbocycles. The van der Waals surface area contributed by atoms with E-state index in [4.69, 9.17) is 0 Å². The van der Waals surface area contributed by atoms with E-state index in [1.807, 2.05) is 0 Å². The van der Waals surface area contributed by atoms with Crippen LogP contribution in [-0.2, 0) is 11.2 Å². The third-order valence-corrected chi connectivity index (χ3v) is 5.07. The second-order valence-corrected chi connectivity index (χ2v) is 7.22. The molecule has 2 unspecified atom stereocenters. The summed E-state index contributed by atoms with van der Waals surface area (Å²) >= 11 is 0. The van der Waals surface area contributed by atoms with Crippen LogP contribution in [0.1, 0.15) is 30.9 Å².